The molecule has 1 aliphatic rings. The van der Waals surface area contributed by atoms with Crippen molar-refractivity contribution in [2.24, 2.45) is 11.8 Å². The molecule has 3 nitrogen and oxygen atoms in total. The fourth-order valence-corrected chi connectivity index (χ4v) is 3.32. The molecule has 0 amide bonds. The summed E-state index contributed by atoms with van der Waals surface area (Å²) in [6.07, 6.45) is 0. The summed E-state index contributed by atoms with van der Waals surface area (Å²) in [6, 6.07) is 9.37. The van der Waals surface area contributed by atoms with Crippen LogP contribution in [0.4, 0.5) is 0 Å². The first-order valence-corrected chi connectivity index (χ1v) is 8.18. The number of nitrogens with zero attached hydrogens (tertiary/aromatic N) is 1. The second kappa shape index (κ2) is 7.28. The lowest BCUT2D eigenvalue weighted by atomic mass is 9.99. The van der Waals surface area contributed by atoms with Crippen molar-refractivity contribution in [1.29, 1.82) is 0 Å². The largest absolute Gasteiger partial charge is 0.497 e. The molecule has 0 radical (unpaired) electrons. The van der Waals surface area contributed by atoms with Crippen molar-refractivity contribution in [2.75, 3.05) is 26.7 Å². The number of hydrogen-bond acceptors (Lipinski definition) is 3. The van der Waals surface area contributed by atoms with Gasteiger partial charge in [0.25, 0.3) is 0 Å². The smallest absolute Gasteiger partial charge is 0.118 e. The molecule has 1 heterocycles. The third kappa shape index (κ3) is 3.78. The summed E-state index contributed by atoms with van der Waals surface area (Å²) in [5, 5.41) is 3.66. The molecule has 0 aliphatic carbocycles. The van der Waals surface area contributed by atoms with E-state index in [0.717, 1.165) is 24.1 Å². The van der Waals surface area contributed by atoms with Crippen molar-refractivity contribution in [3.05, 3.63) is 29.8 Å². The summed E-state index contributed by atoms with van der Waals surface area (Å²) >= 11 is 0. The van der Waals surface area contributed by atoms with E-state index in [-0.39, 0.29) is 0 Å². The fourth-order valence-electron chi connectivity index (χ4n) is 3.32. The lowest BCUT2D eigenvalue weighted by molar-refractivity contribution is 0.199. The monoisotopic (exact) mass is 290 g/mol. The average molecular weight is 290 g/mol. The molecule has 0 saturated carbocycles. The summed E-state index contributed by atoms with van der Waals surface area (Å²) < 4.78 is 5.27. The molecule has 4 unspecified atom stereocenters. The number of methoxy groups -OCH3 is 1. The number of rotatable bonds is 6. The van der Waals surface area contributed by atoms with Gasteiger partial charge in [0.15, 0.2) is 0 Å². The van der Waals surface area contributed by atoms with Crippen LogP contribution in [0.1, 0.15) is 39.3 Å². The van der Waals surface area contributed by atoms with E-state index < -0.39 is 0 Å². The van der Waals surface area contributed by atoms with Crippen molar-refractivity contribution >= 4 is 0 Å². The van der Waals surface area contributed by atoms with E-state index in [1.807, 2.05) is 0 Å². The van der Waals surface area contributed by atoms with E-state index in [1.165, 1.54) is 18.7 Å². The van der Waals surface area contributed by atoms with Crippen molar-refractivity contribution in [3.63, 3.8) is 0 Å². The van der Waals surface area contributed by atoms with Crippen molar-refractivity contribution in [2.45, 2.75) is 39.8 Å². The third-order valence-corrected chi connectivity index (χ3v) is 4.97. The average Bonchev–Trinajstić information content (AvgIpc) is 2.84. The Morgan fingerprint density at radius 1 is 1.19 bits per heavy atom. The van der Waals surface area contributed by atoms with Gasteiger partial charge in [0.2, 0.25) is 0 Å². The molecule has 1 fully saturated rings. The van der Waals surface area contributed by atoms with Gasteiger partial charge < -0.3 is 10.1 Å². The zero-order valence-electron chi connectivity index (χ0n) is 14.1. The van der Waals surface area contributed by atoms with Crippen LogP contribution in [0.5, 0.6) is 5.75 Å². The van der Waals surface area contributed by atoms with Crippen LogP contribution in [0.15, 0.2) is 24.3 Å². The minimum absolute atomic E-state index is 0.374. The molecule has 0 spiro atoms. The van der Waals surface area contributed by atoms with Gasteiger partial charge in [0, 0.05) is 25.2 Å². The van der Waals surface area contributed by atoms with Gasteiger partial charge >= 0.3 is 0 Å². The predicted octanol–water partition coefficient (Wildman–Crippen LogP) is 3.32. The lowest BCUT2D eigenvalue weighted by Crippen LogP contribution is -2.42. The minimum Gasteiger partial charge on any atom is -0.497 e. The topological polar surface area (TPSA) is 24.5 Å². The van der Waals surface area contributed by atoms with Gasteiger partial charge in [-0.1, -0.05) is 32.9 Å². The minimum atomic E-state index is 0.374. The zero-order valence-corrected chi connectivity index (χ0v) is 14.1. The molecule has 1 saturated heterocycles. The Labute approximate surface area is 129 Å². The highest BCUT2D eigenvalue weighted by Gasteiger charge is 2.32. The van der Waals surface area contributed by atoms with Crippen LogP contribution >= 0.6 is 0 Å². The van der Waals surface area contributed by atoms with E-state index >= 15 is 0 Å². The molecule has 2 rings (SSSR count). The molecule has 1 aromatic rings. The van der Waals surface area contributed by atoms with Crippen LogP contribution in [0.3, 0.4) is 0 Å². The number of ether oxygens (including phenoxy) is 1. The summed E-state index contributed by atoms with van der Waals surface area (Å²) in [7, 11) is 1.71. The molecule has 4 atom stereocenters. The van der Waals surface area contributed by atoms with Gasteiger partial charge in [-0.25, -0.2) is 0 Å². The highest BCUT2D eigenvalue weighted by atomic mass is 16.5. The Kier molecular flexibility index (Phi) is 5.65. The maximum absolute atomic E-state index is 5.27. The van der Waals surface area contributed by atoms with Gasteiger partial charge in [0.05, 0.1) is 7.11 Å². The zero-order chi connectivity index (χ0) is 15.4. The maximum Gasteiger partial charge on any atom is 0.118 e. The highest BCUT2D eigenvalue weighted by molar-refractivity contribution is 5.30. The van der Waals surface area contributed by atoms with E-state index in [4.69, 9.17) is 4.74 Å². The van der Waals surface area contributed by atoms with Crippen LogP contribution in [0, 0.1) is 11.8 Å². The molecule has 1 aliphatic heterocycles. The van der Waals surface area contributed by atoms with E-state index in [9.17, 15) is 0 Å². The second-order valence-corrected chi connectivity index (χ2v) is 6.46. The Morgan fingerprint density at radius 2 is 1.76 bits per heavy atom. The van der Waals surface area contributed by atoms with Gasteiger partial charge in [0.1, 0.15) is 5.75 Å². The van der Waals surface area contributed by atoms with E-state index in [2.05, 4.69) is 62.2 Å². The molecule has 1 aromatic carbocycles. The lowest BCUT2D eigenvalue weighted by Gasteiger charge is -2.33. The van der Waals surface area contributed by atoms with Crippen molar-refractivity contribution in [1.82, 2.24) is 10.2 Å². The first-order chi connectivity index (χ1) is 10.1. The Hall–Kier alpha value is -1.06. The Balaban J connectivity index is 2.13. The second-order valence-electron chi connectivity index (χ2n) is 6.46. The molecule has 118 valence electrons. The Bertz CT molecular complexity index is 421. The molecule has 0 aromatic heterocycles. The van der Waals surface area contributed by atoms with Crippen molar-refractivity contribution in [3.8, 4) is 5.75 Å². The van der Waals surface area contributed by atoms with Crippen LogP contribution in [-0.4, -0.2) is 37.7 Å². The molecule has 3 heteroatoms. The standard InChI is InChI=1S/C18H30N2O/c1-6-19-18(16-7-9-17(21-5)10-8-16)15(4)20-11-13(2)14(3)12-20/h7-10,13-15,18-19H,6,11-12H2,1-5H3. The van der Waals surface area contributed by atoms with Gasteiger partial charge in [-0.05, 0) is 43.0 Å². The van der Waals surface area contributed by atoms with Gasteiger partial charge in [-0.15, -0.1) is 0 Å². The first kappa shape index (κ1) is 16.3. The molecule has 1 N–H and O–H groups in total. The first-order valence-electron chi connectivity index (χ1n) is 8.18. The maximum atomic E-state index is 5.27. The normalized spacial score (nSPS) is 25.8. The van der Waals surface area contributed by atoms with Gasteiger partial charge in [-0.2, -0.15) is 0 Å². The van der Waals surface area contributed by atoms with E-state index in [0.29, 0.717) is 12.1 Å². The summed E-state index contributed by atoms with van der Waals surface area (Å²) in [5.41, 5.74) is 1.34. The number of hydrogen-bond donors (Lipinski definition) is 1. The summed E-state index contributed by atoms with van der Waals surface area (Å²) in [4.78, 5) is 2.63. The third-order valence-electron chi connectivity index (χ3n) is 4.97. The number of likely N-dealkylation sites (N-methyl/N-ethyl adjacent to an activating group) is 1. The molecular formula is C18H30N2O. The Morgan fingerprint density at radius 3 is 2.24 bits per heavy atom. The molecule has 21 heavy (non-hydrogen) atoms. The van der Waals surface area contributed by atoms with E-state index in [1.54, 1.807) is 7.11 Å². The van der Waals surface area contributed by atoms with Crippen LogP contribution in [0.25, 0.3) is 0 Å². The molecular weight excluding hydrogens is 260 g/mol. The summed E-state index contributed by atoms with van der Waals surface area (Å²) in [5.74, 6) is 2.52. The quantitative estimate of drug-likeness (QED) is 0.870. The van der Waals surface area contributed by atoms with Crippen LogP contribution in [-0.2, 0) is 0 Å². The van der Waals surface area contributed by atoms with Crippen LogP contribution < -0.4 is 10.1 Å². The van der Waals surface area contributed by atoms with Crippen molar-refractivity contribution < 1.29 is 4.74 Å². The SMILES string of the molecule is CCNC(c1ccc(OC)cc1)C(C)N1CC(C)C(C)C1. The highest BCUT2D eigenvalue weighted by Crippen LogP contribution is 2.29. The fraction of sp³-hybridized carbons (Fsp3) is 0.667. The molecule has 0 bridgehead atoms. The number of benzene rings is 1. The number of nitrogens with one attached hydrogen (secondary N) is 1. The van der Waals surface area contributed by atoms with Gasteiger partial charge in [-0.3, -0.25) is 4.90 Å². The van der Waals surface area contributed by atoms with Crippen LogP contribution in [0.2, 0.25) is 0 Å². The number of likely N-dealkylation sites (tertiary alicyclic amines) is 1. The summed E-state index contributed by atoms with van der Waals surface area (Å²) in [6.45, 7) is 12.7. The predicted molar refractivity (Wildman–Crippen MR) is 88.8 cm³/mol.